The van der Waals surface area contributed by atoms with Crippen LogP contribution in [0.4, 0.5) is 0 Å². The molecule has 2 aromatic heterocycles. The second kappa shape index (κ2) is 4.50. The fourth-order valence-electron chi connectivity index (χ4n) is 1.59. The Bertz CT molecular complexity index is 562. The largest absolute Gasteiger partial charge is 0.474 e. The van der Waals surface area contributed by atoms with Crippen LogP contribution >= 0.6 is 0 Å². The maximum absolute atomic E-state index is 11.3. The van der Waals surface area contributed by atoms with E-state index in [0.717, 1.165) is 5.69 Å². The van der Waals surface area contributed by atoms with E-state index in [0.29, 0.717) is 17.1 Å². The molecular weight excluding hydrogens is 222 g/mol. The van der Waals surface area contributed by atoms with Crippen molar-refractivity contribution in [2.24, 2.45) is 0 Å². The second-order valence-corrected chi connectivity index (χ2v) is 3.64. The number of aryl methyl sites for hydroxylation is 1. The lowest BCUT2D eigenvalue weighted by Crippen LogP contribution is -2.05. The number of carbonyl (C=O) groups excluding carboxylic acids is 1. The number of nitrogens with zero attached hydrogens (tertiary/aromatic N) is 3. The molecule has 0 fully saturated rings. The lowest BCUT2D eigenvalue weighted by molar-refractivity contribution is 0.101. The standard InChI is InChI=1S/C11H13N3O3/c1-7-9(8(2)16)6-12-10-5-11(13-14(7)10)17-4-3-15/h5-6,15H,3-4H2,1-2H3. The molecule has 0 aliphatic rings. The summed E-state index contributed by atoms with van der Waals surface area (Å²) >= 11 is 0. The summed E-state index contributed by atoms with van der Waals surface area (Å²) in [6.07, 6.45) is 1.53. The van der Waals surface area contributed by atoms with E-state index in [-0.39, 0.29) is 19.0 Å². The molecule has 0 amide bonds. The van der Waals surface area contributed by atoms with Crippen LogP contribution in [0.1, 0.15) is 23.0 Å². The van der Waals surface area contributed by atoms with Gasteiger partial charge in [0.15, 0.2) is 11.4 Å². The predicted molar refractivity (Wildman–Crippen MR) is 60.3 cm³/mol. The molecule has 2 aromatic rings. The van der Waals surface area contributed by atoms with Gasteiger partial charge in [-0.05, 0) is 13.8 Å². The van der Waals surface area contributed by atoms with Crippen molar-refractivity contribution in [1.29, 1.82) is 0 Å². The zero-order chi connectivity index (χ0) is 12.4. The molecule has 6 heteroatoms. The number of ether oxygens (including phenoxy) is 1. The van der Waals surface area contributed by atoms with Crippen LogP contribution < -0.4 is 4.74 Å². The molecule has 2 heterocycles. The minimum atomic E-state index is -0.0705. The number of Topliss-reactive ketones (excluding diaryl/α,β-unsaturated/α-hetero) is 1. The van der Waals surface area contributed by atoms with Gasteiger partial charge >= 0.3 is 0 Å². The summed E-state index contributed by atoms with van der Waals surface area (Å²) in [5.74, 6) is 0.334. The van der Waals surface area contributed by atoms with Crippen molar-refractivity contribution >= 4 is 11.4 Å². The van der Waals surface area contributed by atoms with Crippen LogP contribution in [-0.4, -0.2) is 38.7 Å². The highest BCUT2D eigenvalue weighted by atomic mass is 16.5. The summed E-state index contributed by atoms with van der Waals surface area (Å²) in [6, 6.07) is 1.66. The summed E-state index contributed by atoms with van der Waals surface area (Å²) < 4.78 is 6.75. The maximum atomic E-state index is 11.3. The van der Waals surface area contributed by atoms with Crippen molar-refractivity contribution in [3.05, 3.63) is 23.5 Å². The van der Waals surface area contributed by atoms with Gasteiger partial charge in [-0.1, -0.05) is 0 Å². The van der Waals surface area contributed by atoms with Crippen molar-refractivity contribution < 1.29 is 14.6 Å². The van der Waals surface area contributed by atoms with Gasteiger partial charge in [-0.15, -0.1) is 5.10 Å². The molecule has 0 aromatic carbocycles. The van der Waals surface area contributed by atoms with Crippen LogP contribution in [0.15, 0.2) is 12.3 Å². The molecule has 0 atom stereocenters. The van der Waals surface area contributed by atoms with Gasteiger partial charge in [0.25, 0.3) is 0 Å². The van der Waals surface area contributed by atoms with Crippen molar-refractivity contribution in [2.45, 2.75) is 13.8 Å². The predicted octanol–water partition coefficient (Wildman–Crippen LogP) is 0.611. The Hall–Kier alpha value is -1.95. The summed E-state index contributed by atoms with van der Waals surface area (Å²) in [5, 5.41) is 12.8. The number of hydrogen-bond donors (Lipinski definition) is 1. The molecule has 0 saturated carbocycles. The number of aliphatic hydroxyl groups excluding tert-OH is 1. The highest BCUT2D eigenvalue weighted by molar-refractivity contribution is 5.95. The number of carbonyl (C=O) groups is 1. The average molecular weight is 235 g/mol. The number of rotatable bonds is 4. The van der Waals surface area contributed by atoms with E-state index < -0.39 is 0 Å². The highest BCUT2D eigenvalue weighted by Crippen LogP contribution is 2.15. The third-order valence-corrected chi connectivity index (χ3v) is 2.42. The second-order valence-electron chi connectivity index (χ2n) is 3.64. The van der Waals surface area contributed by atoms with E-state index in [9.17, 15) is 4.79 Å². The molecule has 0 bridgehead atoms. The highest BCUT2D eigenvalue weighted by Gasteiger charge is 2.11. The van der Waals surface area contributed by atoms with Gasteiger partial charge in [0.05, 0.1) is 17.9 Å². The van der Waals surface area contributed by atoms with Gasteiger partial charge in [0, 0.05) is 12.3 Å². The first kappa shape index (κ1) is 11.5. The van der Waals surface area contributed by atoms with Crippen LogP contribution in [0.25, 0.3) is 5.65 Å². The molecule has 6 nitrogen and oxygen atoms in total. The van der Waals surface area contributed by atoms with Crippen molar-refractivity contribution in [2.75, 3.05) is 13.2 Å². The minimum absolute atomic E-state index is 0.0507. The van der Waals surface area contributed by atoms with Gasteiger partial charge in [-0.3, -0.25) is 4.79 Å². The number of ketones is 1. The molecule has 0 saturated heterocycles. The molecule has 17 heavy (non-hydrogen) atoms. The Balaban J connectivity index is 2.46. The Labute approximate surface area is 97.9 Å². The Morgan fingerprint density at radius 3 is 3.00 bits per heavy atom. The molecule has 0 aliphatic heterocycles. The summed E-state index contributed by atoms with van der Waals surface area (Å²) in [6.45, 7) is 3.40. The topological polar surface area (TPSA) is 76.7 Å². The number of fused-ring (bicyclic) bond motifs is 1. The van der Waals surface area contributed by atoms with E-state index in [1.807, 2.05) is 0 Å². The number of hydrogen-bond acceptors (Lipinski definition) is 5. The van der Waals surface area contributed by atoms with Crippen molar-refractivity contribution in [3.8, 4) is 5.88 Å². The Kier molecular flexibility index (Phi) is 3.06. The number of aromatic nitrogens is 3. The van der Waals surface area contributed by atoms with E-state index in [1.165, 1.54) is 13.1 Å². The summed E-state index contributed by atoms with van der Waals surface area (Å²) in [5.41, 5.74) is 1.87. The van der Waals surface area contributed by atoms with Crippen LogP contribution in [0, 0.1) is 6.92 Å². The lowest BCUT2D eigenvalue weighted by Gasteiger charge is -2.02. The normalized spacial score (nSPS) is 10.8. The molecular formula is C11H13N3O3. The zero-order valence-electron chi connectivity index (χ0n) is 9.67. The van der Waals surface area contributed by atoms with E-state index in [4.69, 9.17) is 9.84 Å². The first-order valence-corrected chi connectivity index (χ1v) is 5.23. The molecule has 0 unspecified atom stereocenters. The Morgan fingerprint density at radius 1 is 1.59 bits per heavy atom. The SMILES string of the molecule is CC(=O)c1cnc2cc(OCCO)nn2c1C. The van der Waals surface area contributed by atoms with E-state index in [1.54, 1.807) is 17.5 Å². The molecule has 2 rings (SSSR count). The fourth-order valence-corrected chi connectivity index (χ4v) is 1.59. The lowest BCUT2D eigenvalue weighted by atomic mass is 10.2. The molecule has 90 valence electrons. The monoisotopic (exact) mass is 235 g/mol. The molecule has 0 spiro atoms. The third kappa shape index (κ3) is 2.12. The molecule has 0 aliphatic carbocycles. The molecule has 1 N–H and O–H groups in total. The van der Waals surface area contributed by atoms with Crippen LogP contribution in [0.2, 0.25) is 0 Å². The number of aliphatic hydroxyl groups is 1. The fraction of sp³-hybridized carbons (Fsp3) is 0.364. The first-order chi connectivity index (χ1) is 8.13. The van der Waals surface area contributed by atoms with Gasteiger partial charge in [-0.25, -0.2) is 9.50 Å². The summed E-state index contributed by atoms with van der Waals surface area (Å²) in [7, 11) is 0. The molecule has 0 radical (unpaired) electrons. The average Bonchev–Trinajstić information content (AvgIpc) is 2.70. The van der Waals surface area contributed by atoms with Crippen LogP contribution in [0.3, 0.4) is 0 Å². The van der Waals surface area contributed by atoms with Crippen LogP contribution in [-0.2, 0) is 0 Å². The summed E-state index contributed by atoms with van der Waals surface area (Å²) in [4.78, 5) is 15.5. The van der Waals surface area contributed by atoms with Crippen LogP contribution in [0.5, 0.6) is 5.88 Å². The van der Waals surface area contributed by atoms with Gasteiger partial charge in [0.2, 0.25) is 5.88 Å². The first-order valence-electron chi connectivity index (χ1n) is 5.23. The Morgan fingerprint density at radius 2 is 2.35 bits per heavy atom. The quantitative estimate of drug-likeness (QED) is 0.786. The van der Waals surface area contributed by atoms with Crippen molar-refractivity contribution in [1.82, 2.24) is 14.6 Å². The smallest absolute Gasteiger partial charge is 0.235 e. The van der Waals surface area contributed by atoms with Gasteiger partial charge in [0.1, 0.15) is 6.61 Å². The van der Waals surface area contributed by atoms with E-state index in [2.05, 4.69) is 10.1 Å². The third-order valence-electron chi connectivity index (χ3n) is 2.42. The minimum Gasteiger partial charge on any atom is -0.474 e. The van der Waals surface area contributed by atoms with E-state index >= 15 is 0 Å². The maximum Gasteiger partial charge on any atom is 0.235 e. The van der Waals surface area contributed by atoms with Gasteiger partial charge < -0.3 is 9.84 Å². The zero-order valence-corrected chi connectivity index (χ0v) is 9.67. The van der Waals surface area contributed by atoms with Gasteiger partial charge in [-0.2, -0.15) is 0 Å². The van der Waals surface area contributed by atoms with Crippen molar-refractivity contribution in [3.63, 3.8) is 0 Å².